The first-order chi connectivity index (χ1) is 6.41. The average molecular weight is 184 g/mol. The maximum atomic E-state index is 5.34. The molecule has 0 aromatic carbocycles. The van der Waals surface area contributed by atoms with Crippen LogP contribution >= 0.6 is 0 Å². The van der Waals surface area contributed by atoms with Crippen molar-refractivity contribution in [1.29, 1.82) is 0 Å². The smallest absolute Gasteiger partial charge is 0.0836 e. The van der Waals surface area contributed by atoms with Gasteiger partial charge in [0.2, 0.25) is 0 Å². The lowest BCUT2D eigenvalue weighted by atomic mass is 10.1. The number of unbranched alkanes of at least 4 members (excludes halogenated alkanes) is 6. The maximum absolute atomic E-state index is 5.34. The van der Waals surface area contributed by atoms with E-state index in [4.69, 9.17) is 4.74 Å². The zero-order chi connectivity index (χ0) is 9.78. The van der Waals surface area contributed by atoms with Crippen LogP contribution < -0.4 is 0 Å². The zero-order valence-electron chi connectivity index (χ0n) is 9.06. The molecule has 1 heteroatoms. The SMILES string of the molecule is [CH2]CCCCCC[CH]OCCCC. The van der Waals surface area contributed by atoms with Crippen molar-refractivity contribution in [3.63, 3.8) is 0 Å². The molecule has 13 heavy (non-hydrogen) atoms. The highest BCUT2D eigenvalue weighted by Gasteiger charge is 1.91. The molecule has 0 saturated carbocycles. The van der Waals surface area contributed by atoms with E-state index in [-0.39, 0.29) is 0 Å². The lowest BCUT2D eigenvalue weighted by Crippen LogP contribution is -1.91. The van der Waals surface area contributed by atoms with Crippen LogP contribution in [0.2, 0.25) is 0 Å². The molecule has 0 atom stereocenters. The van der Waals surface area contributed by atoms with E-state index in [1.165, 1.54) is 38.5 Å². The predicted octanol–water partition coefficient (Wildman–Crippen LogP) is 4.14. The normalized spacial score (nSPS) is 10.6. The van der Waals surface area contributed by atoms with Crippen molar-refractivity contribution in [3.05, 3.63) is 13.5 Å². The van der Waals surface area contributed by atoms with Gasteiger partial charge in [-0.3, -0.25) is 0 Å². The van der Waals surface area contributed by atoms with Gasteiger partial charge < -0.3 is 4.74 Å². The minimum absolute atomic E-state index is 0.898. The van der Waals surface area contributed by atoms with Crippen molar-refractivity contribution in [3.8, 4) is 0 Å². The summed E-state index contributed by atoms with van der Waals surface area (Å²) in [6, 6.07) is 0. The lowest BCUT2D eigenvalue weighted by molar-refractivity contribution is 0.186. The molecule has 0 spiro atoms. The fourth-order valence-corrected chi connectivity index (χ4v) is 1.15. The van der Waals surface area contributed by atoms with Crippen LogP contribution in [0.5, 0.6) is 0 Å². The summed E-state index contributed by atoms with van der Waals surface area (Å²) in [5.41, 5.74) is 0. The molecule has 1 nitrogen and oxygen atoms in total. The molecular formula is C12H24O. The Hall–Kier alpha value is -0.0400. The Balaban J connectivity index is 2.76. The molecule has 0 saturated heterocycles. The number of ether oxygens (including phenoxy) is 1. The topological polar surface area (TPSA) is 9.23 Å². The first-order valence-corrected chi connectivity index (χ1v) is 5.64. The van der Waals surface area contributed by atoms with E-state index in [0.29, 0.717) is 0 Å². The van der Waals surface area contributed by atoms with Crippen LogP contribution in [0.15, 0.2) is 0 Å². The summed E-state index contributed by atoms with van der Waals surface area (Å²) in [6.07, 6.45) is 9.78. The second-order valence-electron chi connectivity index (χ2n) is 3.45. The molecule has 0 aliphatic heterocycles. The molecule has 0 aliphatic rings. The Morgan fingerprint density at radius 1 is 1.08 bits per heavy atom. The molecule has 0 rings (SSSR count). The number of hydrogen-bond donors (Lipinski definition) is 0. The highest BCUT2D eigenvalue weighted by Crippen LogP contribution is 2.06. The molecule has 2 radical (unpaired) electrons. The van der Waals surface area contributed by atoms with Crippen molar-refractivity contribution in [2.45, 2.75) is 58.3 Å². The van der Waals surface area contributed by atoms with E-state index in [9.17, 15) is 0 Å². The number of hydrogen-bond acceptors (Lipinski definition) is 1. The van der Waals surface area contributed by atoms with Gasteiger partial charge in [-0.2, -0.15) is 0 Å². The third-order valence-corrected chi connectivity index (χ3v) is 2.06. The molecule has 0 bridgehead atoms. The lowest BCUT2D eigenvalue weighted by Gasteiger charge is -2.02. The van der Waals surface area contributed by atoms with Crippen LogP contribution in [-0.4, -0.2) is 6.61 Å². The van der Waals surface area contributed by atoms with E-state index < -0.39 is 0 Å². The fraction of sp³-hybridized carbons (Fsp3) is 0.833. The van der Waals surface area contributed by atoms with Gasteiger partial charge >= 0.3 is 0 Å². The Labute approximate surface area is 83.9 Å². The van der Waals surface area contributed by atoms with Crippen LogP contribution in [-0.2, 0) is 4.74 Å². The highest BCUT2D eigenvalue weighted by atomic mass is 16.5. The predicted molar refractivity (Wildman–Crippen MR) is 58.2 cm³/mol. The standard InChI is InChI=1S/C12H24O/c1-3-5-7-8-9-10-12-13-11-6-4-2/h12H,1,3-11H2,2H3. The van der Waals surface area contributed by atoms with Crippen molar-refractivity contribution >= 4 is 0 Å². The first-order valence-electron chi connectivity index (χ1n) is 5.64. The molecular weight excluding hydrogens is 160 g/mol. The second-order valence-corrected chi connectivity index (χ2v) is 3.45. The molecule has 0 fully saturated rings. The van der Waals surface area contributed by atoms with E-state index in [2.05, 4.69) is 13.8 Å². The molecule has 0 unspecified atom stereocenters. The van der Waals surface area contributed by atoms with E-state index in [1.807, 2.05) is 6.61 Å². The summed E-state index contributed by atoms with van der Waals surface area (Å²) in [5, 5.41) is 0. The van der Waals surface area contributed by atoms with Crippen LogP contribution in [0.1, 0.15) is 58.3 Å². The van der Waals surface area contributed by atoms with Crippen LogP contribution in [0, 0.1) is 13.5 Å². The van der Waals surface area contributed by atoms with Crippen molar-refractivity contribution in [2.24, 2.45) is 0 Å². The van der Waals surface area contributed by atoms with Crippen LogP contribution in [0.25, 0.3) is 0 Å². The molecule has 0 amide bonds. The second kappa shape index (κ2) is 12.0. The average Bonchev–Trinajstić information content (AvgIpc) is 2.16. The van der Waals surface area contributed by atoms with Gasteiger partial charge in [0.15, 0.2) is 0 Å². The largest absolute Gasteiger partial charge is 0.376 e. The van der Waals surface area contributed by atoms with Crippen molar-refractivity contribution in [1.82, 2.24) is 0 Å². The molecule has 78 valence electrons. The first kappa shape index (κ1) is 13.0. The third kappa shape index (κ3) is 12.0. The number of rotatable bonds is 10. The van der Waals surface area contributed by atoms with E-state index in [0.717, 1.165) is 19.4 Å². The minimum Gasteiger partial charge on any atom is -0.376 e. The summed E-state index contributed by atoms with van der Waals surface area (Å²) < 4.78 is 5.34. The fourth-order valence-electron chi connectivity index (χ4n) is 1.15. The zero-order valence-corrected chi connectivity index (χ0v) is 9.06. The van der Waals surface area contributed by atoms with Crippen LogP contribution in [0.3, 0.4) is 0 Å². The minimum atomic E-state index is 0.898. The van der Waals surface area contributed by atoms with Gasteiger partial charge in [0.25, 0.3) is 0 Å². The summed E-state index contributed by atoms with van der Waals surface area (Å²) in [4.78, 5) is 0. The van der Waals surface area contributed by atoms with E-state index >= 15 is 0 Å². The molecule has 0 N–H and O–H groups in total. The quantitative estimate of drug-likeness (QED) is 0.464. The van der Waals surface area contributed by atoms with Gasteiger partial charge in [-0.15, -0.1) is 0 Å². The summed E-state index contributed by atoms with van der Waals surface area (Å²) in [5.74, 6) is 0. The molecule has 0 aromatic rings. The van der Waals surface area contributed by atoms with Gasteiger partial charge in [0.05, 0.1) is 6.61 Å². The Bertz CT molecular complexity index is 71.2. The molecule has 0 aromatic heterocycles. The molecule has 0 heterocycles. The van der Waals surface area contributed by atoms with Crippen molar-refractivity contribution in [2.75, 3.05) is 6.61 Å². The highest BCUT2D eigenvalue weighted by molar-refractivity contribution is 4.53. The van der Waals surface area contributed by atoms with E-state index in [1.54, 1.807) is 0 Å². The van der Waals surface area contributed by atoms with Gasteiger partial charge in [-0.1, -0.05) is 52.4 Å². The molecule has 0 aliphatic carbocycles. The van der Waals surface area contributed by atoms with Crippen LogP contribution in [0.4, 0.5) is 0 Å². The third-order valence-electron chi connectivity index (χ3n) is 2.06. The summed E-state index contributed by atoms with van der Waals surface area (Å²) in [6.45, 7) is 8.87. The Morgan fingerprint density at radius 3 is 2.54 bits per heavy atom. The van der Waals surface area contributed by atoms with Crippen molar-refractivity contribution < 1.29 is 4.74 Å². The maximum Gasteiger partial charge on any atom is 0.0836 e. The van der Waals surface area contributed by atoms with Gasteiger partial charge in [0.1, 0.15) is 0 Å². The monoisotopic (exact) mass is 184 g/mol. The Morgan fingerprint density at radius 2 is 1.85 bits per heavy atom. The summed E-state index contributed by atoms with van der Waals surface area (Å²) in [7, 11) is 0. The summed E-state index contributed by atoms with van der Waals surface area (Å²) >= 11 is 0. The Kier molecular flexibility index (Phi) is 11.9. The van der Waals surface area contributed by atoms with Gasteiger partial charge in [-0.25, -0.2) is 0 Å². The van der Waals surface area contributed by atoms with Gasteiger partial charge in [0, 0.05) is 6.61 Å². The van der Waals surface area contributed by atoms with Gasteiger partial charge in [-0.05, 0) is 12.8 Å².